The van der Waals surface area contributed by atoms with Crippen LogP contribution in [-0.2, 0) is 25.7 Å². The summed E-state index contributed by atoms with van der Waals surface area (Å²) in [5.41, 5.74) is 5.78. The Balaban J connectivity index is 1.94. The molecule has 0 bridgehead atoms. The molecule has 0 radical (unpaired) electrons. The second kappa shape index (κ2) is 12.6. The molecule has 0 saturated carbocycles. The van der Waals surface area contributed by atoms with Gasteiger partial charge in [0.05, 0.1) is 0 Å². The molecule has 4 aromatic rings. The molecule has 0 aliphatic rings. The van der Waals surface area contributed by atoms with Gasteiger partial charge in [0, 0.05) is 16.1 Å². The van der Waals surface area contributed by atoms with Gasteiger partial charge in [-0.3, -0.25) is 4.86 Å². The number of hydrogen-bond acceptors (Lipinski definition) is 1. The lowest BCUT2D eigenvalue weighted by molar-refractivity contribution is 1.15. The summed E-state index contributed by atoms with van der Waals surface area (Å²) in [6.07, 6.45) is 4.17. The number of benzene rings is 4. The highest BCUT2D eigenvalue weighted by Gasteiger charge is 2.27. The van der Waals surface area contributed by atoms with Crippen molar-refractivity contribution in [1.29, 1.82) is 0 Å². The zero-order valence-electron chi connectivity index (χ0n) is 21.5. The molecule has 0 aliphatic carbocycles. The normalized spacial score (nSPS) is 11.4. The molecule has 0 unspecified atom stereocenters. The van der Waals surface area contributed by atoms with Crippen LogP contribution in [0.1, 0.15) is 49.9 Å². The third kappa shape index (κ3) is 5.76. The van der Waals surface area contributed by atoms with Crippen LogP contribution in [0.4, 0.5) is 0 Å². The highest BCUT2D eigenvalue weighted by Crippen LogP contribution is 2.44. The Morgan fingerprint density at radius 2 is 0.629 bits per heavy atom. The van der Waals surface area contributed by atoms with Gasteiger partial charge in [0.25, 0.3) is 0 Å². The molecule has 180 valence electrons. The highest BCUT2D eigenvalue weighted by atomic mass is 31.2. The largest absolute Gasteiger partial charge is 0.259 e. The second-order valence-electron chi connectivity index (χ2n) is 8.70. The average molecular weight is 498 g/mol. The fraction of sp³-hybridized carbons (Fsp3) is 0.250. The van der Waals surface area contributed by atoms with Crippen LogP contribution in [0.5, 0.6) is 0 Å². The molecular weight excluding hydrogens is 460 g/mol. The Bertz CT molecular complexity index is 1060. The van der Waals surface area contributed by atoms with E-state index in [-0.39, 0.29) is 0 Å². The van der Waals surface area contributed by atoms with Crippen molar-refractivity contribution >= 4 is 37.4 Å². The zero-order chi connectivity index (χ0) is 24.6. The molecule has 1 N–H and O–H groups in total. The summed E-state index contributed by atoms with van der Waals surface area (Å²) in [5.74, 6) is 0. The fourth-order valence-corrected chi connectivity index (χ4v) is 10.7. The standard InChI is InChI=1S/C32H37NP2/c1-5-25-17-9-13-21-29(25)34(30-22-14-10-18-26(30)6-2)33-35(31-23-15-11-19-27(31)7-3)32-24-16-12-20-28(32)8-4/h9-24,33H,5-8H2,1-4H3. The van der Waals surface area contributed by atoms with Crippen molar-refractivity contribution in [3.63, 3.8) is 0 Å². The molecule has 0 atom stereocenters. The van der Waals surface area contributed by atoms with Crippen LogP contribution in [0.25, 0.3) is 0 Å². The van der Waals surface area contributed by atoms with E-state index in [1.165, 1.54) is 43.5 Å². The summed E-state index contributed by atoms with van der Waals surface area (Å²) in [6.45, 7) is 9.11. The predicted octanol–water partition coefficient (Wildman–Crippen LogP) is 6.92. The lowest BCUT2D eigenvalue weighted by atomic mass is 10.2. The number of nitrogens with one attached hydrogen (secondary N) is 1. The first-order valence-corrected chi connectivity index (χ1v) is 15.6. The van der Waals surface area contributed by atoms with E-state index in [9.17, 15) is 0 Å². The molecule has 35 heavy (non-hydrogen) atoms. The van der Waals surface area contributed by atoms with E-state index in [1.807, 2.05) is 0 Å². The number of rotatable bonds is 10. The van der Waals surface area contributed by atoms with Crippen molar-refractivity contribution in [2.75, 3.05) is 0 Å². The van der Waals surface area contributed by atoms with Crippen LogP contribution in [-0.4, -0.2) is 0 Å². The molecule has 0 fully saturated rings. The minimum absolute atomic E-state index is 0.747. The van der Waals surface area contributed by atoms with Crippen molar-refractivity contribution in [3.8, 4) is 0 Å². The second-order valence-corrected chi connectivity index (χ2v) is 12.8. The van der Waals surface area contributed by atoms with Gasteiger partial charge in [-0.05, 0) is 69.2 Å². The maximum absolute atomic E-state index is 4.35. The first-order chi connectivity index (χ1) is 17.2. The zero-order valence-corrected chi connectivity index (χ0v) is 23.2. The number of hydrogen-bond donors (Lipinski definition) is 1. The van der Waals surface area contributed by atoms with Gasteiger partial charge in [-0.25, -0.2) is 0 Å². The first kappa shape index (κ1) is 25.8. The van der Waals surface area contributed by atoms with Crippen LogP contribution in [0, 0.1) is 0 Å². The van der Waals surface area contributed by atoms with Crippen LogP contribution < -0.4 is 26.1 Å². The maximum atomic E-state index is 4.35. The molecule has 0 heterocycles. The third-order valence-corrected chi connectivity index (χ3v) is 11.9. The molecule has 3 heteroatoms. The van der Waals surface area contributed by atoms with Crippen LogP contribution in [0.2, 0.25) is 0 Å². The summed E-state index contributed by atoms with van der Waals surface area (Å²) in [7, 11) is -1.49. The monoisotopic (exact) mass is 497 g/mol. The van der Waals surface area contributed by atoms with Gasteiger partial charge in [-0.15, -0.1) is 0 Å². The Hall–Kier alpha value is -2.30. The minimum atomic E-state index is -0.747. The molecule has 1 nitrogen and oxygen atoms in total. The van der Waals surface area contributed by atoms with Gasteiger partial charge < -0.3 is 0 Å². The average Bonchev–Trinajstić information content (AvgIpc) is 2.94. The number of aryl methyl sites for hydroxylation is 4. The summed E-state index contributed by atoms with van der Waals surface area (Å²) in [6, 6.07) is 36.2. The molecule has 4 rings (SSSR count). The molecule has 0 saturated heterocycles. The van der Waals surface area contributed by atoms with Crippen molar-refractivity contribution < 1.29 is 0 Å². The van der Waals surface area contributed by atoms with Crippen molar-refractivity contribution in [2.24, 2.45) is 0 Å². The van der Waals surface area contributed by atoms with E-state index in [4.69, 9.17) is 0 Å². The topological polar surface area (TPSA) is 12.0 Å². The minimum Gasteiger partial charge on any atom is -0.259 e. The predicted molar refractivity (Wildman–Crippen MR) is 159 cm³/mol. The Morgan fingerprint density at radius 1 is 0.400 bits per heavy atom. The molecule has 0 aliphatic heterocycles. The lowest BCUT2D eigenvalue weighted by Crippen LogP contribution is -2.31. The van der Waals surface area contributed by atoms with Gasteiger partial charge in [0.2, 0.25) is 0 Å². The van der Waals surface area contributed by atoms with Gasteiger partial charge in [0.1, 0.15) is 0 Å². The van der Waals surface area contributed by atoms with Crippen LogP contribution in [0.15, 0.2) is 97.1 Å². The Labute approximate surface area is 214 Å². The molecule has 0 aromatic heterocycles. The van der Waals surface area contributed by atoms with E-state index in [0.29, 0.717) is 0 Å². The Kier molecular flexibility index (Phi) is 9.28. The van der Waals surface area contributed by atoms with E-state index in [2.05, 4.69) is 130 Å². The van der Waals surface area contributed by atoms with E-state index in [0.717, 1.165) is 25.7 Å². The third-order valence-electron chi connectivity index (χ3n) is 6.65. The molecule has 4 aromatic carbocycles. The maximum Gasteiger partial charge on any atom is 0.0300 e. The highest BCUT2D eigenvalue weighted by molar-refractivity contribution is 7.85. The van der Waals surface area contributed by atoms with Gasteiger partial charge in [0.15, 0.2) is 0 Å². The summed E-state index contributed by atoms with van der Waals surface area (Å²) in [4.78, 5) is 4.35. The van der Waals surface area contributed by atoms with Crippen molar-refractivity contribution in [3.05, 3.63) is 119 Å². The SMILES string of the molecule is CCc1ccccc1P(NP(c1ccccc1CC)c1ccccc1CC)c1ccccc1CC. The summed E-state index contributed by atoms with van der Waals surface area (Å²) < 4.78 is 0. The van der Waals surface area contributed by atoms with Gasteiger partial charge >= 0.3 is 0 Å². The lowest BCUT2D eigenvalue weighted by Gasteiger charge is -2.31. The van der Waals surface area contributed by atoms with E-state index >= 15 is 0 Å². The first-order valence-electron chi connectivity index (χ1n) is 12.9. The van der Waals surface area contributed by atoms with Crippen LogP contribution >= 0.6 is 16.1 Å². The molecule has 0 amide bonds. The summed E-state index contributed by atoms with van der Waals surface area (Å²) >= 11 is 0. The van der Waals surface area contributed by atoms with Gasteiger partial charge in [-0.2, -0.15) is 0 Å². The fourth-order valence-electron chi connectivity index (χ4n) is 4.69. The van der Waals surface area contributed by atoms with Crippen LogP contribution in [0.3, 0.4) is 0 Å². The van der Waals surface area contributed by atoms with E-state index < -0.39 is 16.1 Å². The molecule has 0 spiro atoms. The van der Waals surface area contributed by atoms with Crippen molar-refractivity contribution in [2.45, 2.75) is 53.4 Å². The smallest absolute Gasteiger partial charge is 0.0300 e. The Morgan fingerprint density at radius 3 is 0.857 bits per heavy atom. The molecular formula is C32H37NP2. The van der Waals surface area contributed by atoms with Gasteiger partial charge in [-0.1, -0.05) is 125 Å². The summed E-state index contributed by atoms with van der Waals surface area (Å²) in [5, 5.41) is 5.84. The quantitative estimate of drug-likeness (QED) is 0.235. The van der Waals surface area contributed by atoms with Crippen molar-refractivity contribution in [1.82, 2.24) is 4.86 Å². The van der Waals surface area contributed by atoms with E-state index in [1.54, 1.807) is 0 Å².